The van der Waals surface area contributed by atoms with Crippen LogP contribution in [0.5, 0.6) is 0 Å². The number of carbonyl (C=O) groups is 2. The van der Waals surface area contributed by atoms with E-state index in [1.807, 2.05) is 17.5 Å². The summed E-state index contributed by atoms with van der Waals surface area (Å²) in [6.07, 6.45) is 0.178. The van der Waals surface area contributed by atoms with Crippen LogP contribution < -0.4 is 16.4 Å². The SMILES string of the molecule is NC(=O)NC(CC(=O)NCCS)c1cccs1. The lowest BCUT2D eigenvalue weighted by atomic mass is 10.1. The summed E-state index contributed by atoms with van der Waals surface area (Å²) in [5.41, 5.74) is 5.09. The first-order valence-corrected chi connectivity index (χ1v) is 6.61. The topological polar surface area (TPSA) is 84.2 Å². The Kier molecular flexibility index (Phi) is 5.85. The Morgan fingerprint density at radius 1 is 1.53 bits per heavy atom. The third kappa shape index (κ3) is 5.10. The standard InChI is InChI=1S/C10H15N3O2S2/c11-10(15)13-7(8-2-1-5-17-8)6-9(14)12-3-4-16/h1-2,5,7,16H,3-4,6H2,(H,12,14)(H3,11,13,15). The Morgan fingerprint density at radius 3 is 2.82 bits per heavy atom. The first kappa shape index (κ1) is 13.9. The van der Waals surface area contributed by atoms with Crippen LogP contribution >= 0.6 is 24.0 Å². The lowest BCUT2D eigenvalue weighted by Gasteiger charge is -2.15. The largest absolute Gasteiger partial charge is 0.355 e. The van der Waals surface area contributed by atoms with Crippen LogP contribution in [0.25, 0.3) is 0 Å². The average Bonchev–Trinajstić information content (AvgIpc) is 2.78. The molecule has 4 N–H and O–H groups in total. The van der Waals surface area contributed by atoms with Crippen LogP contribution in [0, 0.1) is 0 Å². The molecule has 3 amide bonds. The molecule has 0 saturated heterocycles. The summed E-state index contributed by atoms with van der Waals surface area (Å²) in [5.74, 6) is 0.449. The van der Waals surface area contributed by atoms with Crippen LogP contribution in [0.1, 0.15) is 17.3 Å². The normalized spacial score (nSPS) is 11.8. The van der Waals surface area contributed by atoms with Crippen molar-refractivity contribution in [3.63, 3.8) is 0 Å². The number of hydrogen-bond acceptors (Lipinski definition) is 4. The Hall–Kier alpha value is -1.21. The smallest absolute Gasteiger partial charge is 0.312 e. The zero-order valence-corrected chi connectivity index (χ0v) is 10.9. The lowest BCUT2D eigenvalue weighted by molar-refractivity contribution is -0.121. The molecule has 1 heterocycles. The highest BCUT2D eigenvalue weighted by atomic mass is 32.1. The van der Waals surface area contributed by atoms with Gasteiger partial charge in [0.05, 0.1) is 12.5 Å². The van der Waals surface area contributed by atoms with Crippen molar-refractivity contribution < 1.29 is 9.59 Å². The van der Waals surface area contributed by atoms with E-state index >= 15 is 0 Å². The molecule has 1 aromatic rings. The number of primary amides is 1. The Bertz CT molecular complexity index is 368. The van der Waals surface area contributed by atoms with E-state index < -0.39 is 6.03 Å². The van der Waals surface area contributed by atoms with Gasteiger partial charge in [-0.3, -0.25) is 4.79 Å². The predicted octanol–water partition coefficient (Wildman–Crippen LogP) is 0.894. The van der Waals surface area contributed by atoms with E-state index in [4.69, 9.17) is 5.73 Å². The second-order valence-corrected chi connectivity index (χ2v) is 4.78. The molecule has 0 radical (unpaired) electrons. The molecule has 5 nitrogen and oxygen atoms in total. The summed E-state index contributed by atoms with van der Waals surface area (Å²) < 4.78 is 0. The molecule has 0 aliphatic heterocycles. The number of amides is 3. The van der Waals surface area contributed by atoms with Crippen LogP contribution in [0.15, 0.2) is 17.5 Å². The van der Waals surface area contributed by atoms with Crippen molar-refractivity contribution in [3.8, 4) is 0 Å². The molecule has 1 rings (SSSR count). The number of rotatable bonds is 6. The van der Waals surface area contributed by atoms with Gasteiger partial charge in [-0.25, -0.2) is 4.79 Å². The lowest BCUT2D eigenvalue weighted by Crippen LogP contribution is -2.36. The summed E-state index contributed by atoms with van der Waals surface area (Å²) >= 11 is 5.47. The van der Waals surface area contributed by atoms with E-state index in [9.17, 15) is 9.59 Å². The maximum absolute atomic E-state index is 11.6. The van der Waals surface area contributed by atoms with Gasteiger partial charge in [0.25, 0.3) is 0 Å². The molecule has 1 aromatic heterocycles. The van der Waals surface area contributed by atoms with Gasteiger partial charge in [0, 0.05) is 17.2 Å². The molecule has 0 spiro atoms. The third-order valence-electron chi connectivity index (χ3n) is 2.03. The molecular weight excluding hydrogens is 258 g/mol. The van der Waals surface area contributed by atoms with E-state index in [0.717, 1.165) is 4.88 Å². The maximum Gasteiger partial charge on any atom is 0.312 e. The van der Waals surface area contributed by atoms with Crippen LogP contribution in [0.2, 0.25) is 0 Å². The fourth-order valence-corrected chi connectivity index (χ4v) is 2.23. The highest BCUT2D eigenvalue weighted by molar-refractivity contribution is 7.80. The zero-order chi connectivity index (χ0) is 12.7. The highest BCUT2D eigenvalue weighted by Crippen LogP contribution is 2.21. The number of carbonyl (C=O) groups excluding carboxylic acids is 2. The minimum absolute atomic E-state index is 0.133. The summed E-state index contributed by atoms with van der Waals surface area (Å²) in [7, 11) is 0. The van der Waals surface area contributed by atoms with Crippen molar-refractivity contribution in [1.82, 2.24) is 10.6 Å². The van der Waals surface area contributed by atoms with Gasteiger partial charge >= 0.3 is 6.03 Å². The van der Waals surface area contributed by atoms with Gasteiger partial charge < -0.3 is 16.4 Å². The van der Waals surface area contributed by atoms with Gasteiger partial charge in [-0.05, 0) is 11.4 Å². The molecule has 0 aromatic carbocycles. The molecule has 17 heavy (non-hydrogen) atoms. The van der Waals surface area contributed by atoms with Crippen molar-refractivity contribution in [3.05, 3.63) is 22.4 Å². The monoisotopic (exact) mass is 273 g/mol. The van der Waals surface area contributed by atoms with Gasteiger partial charge in [-0.1, -0.05) is 6.07 Å². The molecular formula is C10H15N3O2S2. The number of nitrogens with one attached hydrogen (secondary N) is 2. The van der Waals surface area contributed by atoms with Crippen molar-refractivity contribution in [1.29, 1.82) is 0 Å². The Labute approximate surface area is 109 Å². The minimum atomic E-state index is -0.634. The van der Waals surface area contributed by atoms with E-state index in [-0.39, 0.29) is 18.4 Å². The van der Waals surface area contributed by atoms with Crippen molar-refractivity contribution in [2.24, 2.45) is 5.73 Å². The third-order valence-corrected chi connectivity index (χ3v) is 3.24. The van der Waals surface area contributed by atoms with Gasteiger partial charge in [0.1, 0.15) is 0 Å². The molecule has 0 aliphatic carbocycles. The summed E-state index contributed by atoms with van der Waals surface area (Å²) in [4.78, 5) is 23.3. The van der Waals surface area contributed by atoms with Crippen LogP contribution in [0.3, 0.4) is 0 Å². The van der Waals surface area contributed by atoms with E-state index in [2.05, 4.69) is 23.3 Å². The molecule has 0 aliphatic rings. The number of thiophene rings is 1. The minimum Gasteiger partial charge on any atom is -0.355 e. The molecule has 1 atom stereocenters. The Balaban J connectivity index is 2.58. The number of thiol groups is 1. The quantitative estimate of drug-likeness (QED) is 0.580. The van der Waals surface area contributed by atoms with Crippen molar-refractivity contribution in [2.45, 2.75) is 12.5 Å². The predicted molar refractivity (Wildman–Crippen MR) is 71.3 cm³/mol. The van der Waals surface area contributed by atoms with E-state index in [0.29, 0.717) is 12.3 Å². The number of hydrogen-bond donors (Lipinski definition) is 4. The van der Waals surface area contributed by atoms with Gasteiger partial charge in [0.2, 0.25) is 5.91 Å². The molecule has 94 valence electrons. The fraction of sp³-hybridized carbons (Fsp3) is 0.400. The number of urea groups is 1. The van der Waals surface area contributed by atoms with Crippen LogP contribution in [-0.2, 0) is 4.79 Å². The average molecular weight is 273 g/mol. The highest BCUT2D eigenvalue weighted by Gasteiger charge is 2.17. The van der Waals surface area contributed by atoms with Gasteiger partial charge in [-0.15, -0.1) is 11.3 Å². The van der Waals surface area contributed by atoms with Gasteiger partial charge in [0.15, 0.2) is 0 Å². The molecule has 1 unspecified atom stereocenters. The van der Waals surface area contributed by atoms with E-state index in [1.165, 1.54) is 11.3 Å². The molecule has 0 fully saturated rings. The second kappa shape index (κ2) is 7.18. The Morgan fingerprint density at radius 2 is 2.29 bits per heavy atom. The second-order valence-electron chi connectivity index (χ2n) is 3.35. The van der Waals surface area contributed by atoms with Crippen LogP contribution in [-0.4, -0.2) is 24.2 Å². The van der Waals surface area contributed by atoms with Crippen molar-refractivity contribution >= 4 is 35.9 Å². The van der Waals surface area contributed by atoms with Crippen molar-refractivity contribution in [2.75, 3.05) is 12.3 Å². The zero-order valence-electron chi connectivity index (χ0n) is 9.18. The molecule has 0 bridgehead atoms. The van der Waals surface area contributed by atoms with E-state index in [1.54, 1.807) is 0 Å². The molecule has 7 heteroatoms. The summed E-state index contributed by atoms with van der Waals surface area (Å²) in [5, 5.41) is 7.14. The first-order chi connectivity index (χ1) is 8.13. The molecule has 0 saturated carbocycles. The fourth-order valence-electron chi connectivity index (χ4n) is 1.34. The first-order valence-electron chi connectivity index (χ1n) is 5.10. The number of nitrogens with two attached hydrogens (primary N) is 1. The van der Waals surface area contributed by atoms with Crippen LogP contribution in [0.4, 0.5) is 4.79 Å². The summed E-state index contributed by atoms with van der Waals surface area (Å²) in [6, 6.07) is 2.72. The summed E-state index contributed by atoms with van der Waals surface area (Å²) in [6.45, 7) is 0.510. The maximum atomic E-state index is 11.6. The van der Waals surface area contributed by atoms with Gasteiger partial charge in [-0.2, -0.15) is 12.6 Å².